The maximum atomic E-state index is 5.43. The number of rotatable bonds is 7. The van der Waals surface area contributed by atoms with Crippen LogP contribution in [0.15, 0.2) is 12.4 Å². The molecule has 4 heteroatoms. The molecule has 1 aromatic rings. The number of aromatic nitrogens is 2. The molecule has 0 bridgehead atoms. The molecule has 2 aliphatic carbocycles. The Morgan fingerprint density at radius 3 is 2.68 bits per heavy atom. The zero-order valence-electron chi connectivity index (χ0n) is 11.2. The van der Waals surface area contributed by atoms with Gasteiger partial charge in [0.05, 0.1) is 24.6 Å². The highest BCUT2D eigenvalue weighted by Crippen LogP contribution is 2.30. The highest BCUT2D eigenvalue weighted by atomic mass is 15.2. The first-order chi connectivity index (χ1) is 9.35. The molecule has 2 aliphatic rings. The average Bonchev–Trinajstić information content (AvgIpc) is 3.31. The largest absolute Gasteiger partial charge is 0.344 e. The minimum atomic E-state index is 0.616. The number of nitrogens with one attached hydrogen (secondary N) is 1. The van der Waals surface area contributed by atoms with Gasteiger partial charge >= 0.3 is 0 Å². The third-order valence-electron chi connectivity index (χ3n) is 3.62. The van der Waals surface area contributed by atoms with Crippen LogP contribution in [0.25, 0.3) is 0 Å². The van der Waals surface area contributed by atoms with E-state index in [2.05, 4.69) is 26.1 Å². The molecule has 0 aromatic carbocycles. The molecule has 0 amide bonds. The Labute approximate surface area is 114 Å². The summed E-state index contributed by atoms with van der Waals surface area (Å²) in [6.45, 7) is 2.44. The lowest BCUT2D eigenvalue weighted by atomic mass is 10.3. The van der Waals surface area contributed by atoms with Gasteiger partial charge in [0.15, 0.2) is 0 Å². The molecule has 0 unspecified atom stereocenters. The molecule has 0 aliphatic heterocycles. The zero-order chi connectivity index (χ0) is 13.1. The smallest absolute Gasteiger partial charge is 0.147 e. The van der Waals surface area contributed by atoms with Gasteiger partial charge in [-0.1, -0.05) is 5.92 Å². The quantitative estimate of drug-likeness (QED) is 0.752. The summed E-state index contributed by atoms with van der Waals surface area (Å²) in [5.41, 5.74) is 1.00. The molecule has 2 saturated carbocycles. The van der Waals surface area contributed by atoms with Crippen molar-refractivity contribution >= 4 is 5.82 Å². The fourth-order valence-corrected chi connectivity index (χ4v) is 2.10. The Balaban J connectivity index is 1.59. The highest BCUT2D eigenvalue weighted by Gasteiger charge is 2.25. The van der Waals surface area contributed by atoms with Crippen LogP contribution in [0.3, 0.4) is 0 Å². The number of terminal acetylenes is 1. The van der Waals surface area contributed by atoms with E-state index in [1.807, 2.05) is 12.4 Å². The van der Waals surface area contributed by atoms with Crippen molar-refractivity contribution in [2.45, 2.75) is 38.3 Å². The molecule has 2 fully saturated rings. The van der Waals surface area contributed by atoms with Gasteiger partial charge < -0.3 is 10.2 Å². The molecular weight excluding hydrogens is 236 g/mol. The summed E-state index contributed by atoms with van der Waals surface area (Å²) in [6, 6.07) is 0.703. The summed E-state index contributed by atoms with van der Waals surface area (Å²) in [4.78, 5) is 11.1. The lowest BCUT2D eigenvalue weighted by Gasteiger charge is -2.20. The van der Waals surface area contributed by atoms with Crippen molar-refractivity contribution in [2.75, 3.05) is 18.0 Å². The monoisotopic (exact) mass is 256 g/mol. The fourth-order valence-electron chi connectivity index (χ4n) is 2.10. The van der Waals surface area contributed by atoms with Gasteiger partial charge in [-0.3, -0.25) is 4.98 Å². The molecule has 4 nitrogen and oxygen atoms in total. The molecule has 1 N–H and O–H groups in total. The van der Waals surface area contributed by atoms with Gasteiger partial charge in [0, 0.05) is 19.1 Å². The predicted molar refractivity (Wildman–Crippen MR) is 75.7 cm³/mol. The third-order valence-corrected chi connectivity index (χ3v) is 3.62. The molecule has 100 valence electrons. The Morgan fingerprint density at radius 2 is 2.11 bits per heavy atom. The van der Waals surface area contributed by atoms with E-state index >= 15 is 0 Å². The van der Waals surface area contributed by atoms with Crippen molar-refractivity contribution < 1.29 is 0 Å². The summed E-state index contributed by atoms with van der Waals surface area (Å²) in [5, 5.41) is 3.44. The second-order valence-electron chi connectivity index (χ2n) is 5.55. The van der Waals surface area contributed by atoms with Gasteiger partial charge in [-0.2, -0.15) is 0 Å². The van der Waals surface area contributed by atoms with E-state index in [1.165, 1.54) is 25.7 Å². The molecule has 1 heterocycles. The Bertz CT molecular complexity index is 454. The van der Waals surface area contributed by atoms with Gasteiger partial charge in [-0.05, 0) is 31.6 Å². The van der Waals surface area contributed by atoms with Crippen LogP contribution in [0.2, 0.25) is 0 Å². The lowest BCUT2D eigenvalue weighted by Crippen LogP contribution is -2.27. The van der Waals surface area contributed by atoms with Crippen LogP contribution in [0.5, 0.6) is 0 Å². The molecule has 0 radical (unpaired) electrons. The van der Waals surface area contributed by atoms with Gasteiger partial charge in [0.25, 0.3) is 0 Å². The van der Waals surface area contributed by atoms with Crippen LogP contribution >= 0.6 is 0 Å². The second kappa shape index (κ2) is 5.58. The van der Waals surface area contributed by atoms with Gasteiger partial charge in [-0.15, -0.1) is 6.42 Å². The fraction of sp³-hybridized carbons (Fsp3) is 0.600. The molecule has 0 spiro atoms. The Hall–Kier alpha value is -1.60. The highest BCUT2D eigenvalue weighted by molar-refractivity contribution is 5.38. The number of hydrogen-bond donors (Lipinski definition) is 1. The standard InChI is InChI=1S/C15H20N4/c1-2-7-19(11-12-3-4-12)15-10-17-14(9-18-15)8-16-13-5-6-13/h1,9-10,12-13,16H,3-8,11H2. The SMILES string of the molecule is C#CCN(CC1CC1)c1cnc(CNC2CC2)cn1. The number of hydrogen-bond acceptors (Lipinski definition) is 4. The summed E-state index contributed by atoms with van der Waals surface area (Å²) in [6.07, 6.45) is 14.4. The molecule has 0 atom stereocenters. The van der Waals surface area contributed by atoms with E-state index in [1.54, 1.807) is 0 Å². The average molecular weight is 256 g/mol. The first-order valence-electron chi connectivity index (χ1n) is 7.08. The molecule has 0 saturated heterocycles. The summed E-state index contributed by atoms with van der Waals surface area (Å²) in [7, 11) is 0. The Morgan fingerprint density at radius 1 is 1.26 bits per heavy atom. The summed E-state index contributed by atoms with van der Waals surface area (Å²) >= 11 is 0. The number of anilines is 1. The van der Waals surface area contributed by atoms with Crippen molar-refractivity contribution in [3.05, 3.63) is 18.1 Å². The minimum absolute atomic E-state index is 0.616. The van der Waals surface area contributed by atoms with Gasteiger partial charge in [0.2, 0.25) is 0 Å². The molecular formula is C15H20N4. The molecule has 3 rings (SSSR count). The van der Waals surface area contributed by atoms with E-state index in [0.29, 0.717) is 12.6 Å². The predicted octanol–water partition coefficient (Wildman–Crippen LogP) is 1.58. The van der Waals surface area contributed by atoms with Crippen molar-refractivity contribution in [1.82, 2.24) is 15.3 Å². The van der Waals surface area contributed by atoms with E-state index < -0.39 is 0 Å². The van der Waals surface area contributed by atoms with E-state index in [0.717, 1.165) is 30.5 Å². The van der Waals surface area contributed by atoms with Crippen LogP contribution in [-0.4, -0.2) is 29.1 Å². The minimum Gasteiger partial charge on any atom is -0.344 e. The first kappa shape index (κ1) is 12.4. The van der Waals surface area contributed by atoms with E-state index in [9.17, 15) is 0 Å². The van der Waals surface area contributed by atoms with Crippen molar-refractivity contribution in [3.8, 4) is 12.3 Å². The topological polar surface area (TPSA) is 41.1 Å². The van der Waals surface area contributed by atoms with Crippen LogP contribution in [-0.2, 0) is 6.54 Å². The van der Waals surface area contributed by atoms with Crippen molar-refractivity contribution in [1.29, 1.82) is 0 Å². The van der Waals surface area contributed by atoms with Crippen LogP contribution < -0.4 is 10.2 Å². The van der Waals surface area contributed by atoms with Gasteiger partial charge in [0.1, 0.15) is 5.82 Å². The van der Waals surface area contributed by atoms with Crippen molar-refractivity contribution in [2.24, 2.45) is 5.92 Å². The third kappa shape index (κ3) is 3.68. The van der Waals surface area contributed by atoms with Gasteiger partial charge in [-0.25, -0.2) is 4.98 Å². The zero-order valence-corrected chi connectivity index (χ0v) is 11.2. The summed E-state index contributed by atoms with van der Waals surface area (Å²) in [5.74, 6) is 4.41. The van der Waals surface area contributed by atoms with E-state index in [-0.39, 0.29) is 0 Å². The maximum Gasteiger partial charge on any atom is 0.147 e. The second-order valence-corrected chi connectivity index (χ2v) is 5.55. The first-order valence-corrected chi connectivity index (χ1v) is 7.08. The van der Waals surface area contributed by atoms with Crippen molar-refractivity contribution in [3.63, 3.8) is 0 Å². The van der Waals surface area contributed by atoms with E-state index in [4.69, 9.17) is 6.42 Å². The lowest BCUT2D eigenvalue weighted by molar-refractivity contribution is 0.670. The number of nitrogens with zero attached hydrogens (tertiary/aromatic N) is 3. The summed E-state index contributed by atoms with van der Waals surface area (Å²) < 4.78 is 0. The molecule has 19 heavy (non-hydrogen) atoms. The van der Waals surface area contributed by atoms with Crippen LogP contribution in [0, 0.1) is 18.3 Å². The maximum absolute atomic E-state index is 5.43. The van der Waals surface area contributed by atoms with Crippen LogP contribution in [0.1, 0.15) is 31.4 Å². The molecule has 1 aromatic heterocycles. The Kier molecular flexibility index (Phi) is 3.65. The van der Waals surface area contributed by atoms with Crippen LogP contribution in [0.4, 0.5) is 5.82 Å². The normalized spacial score (nSPS) is 18.1.